The summed E-state index contributed by atoms with van der Waals surface area (Å²) in [7, 11) is 0. The van der Waals surface area contributed by atoms with Gasteiger partial charge in [-0.2, -0.15) is 5.06 Å². The zero-order valence-corrected chi connectivity index (χ0v) is 16.5. The number of aliphatic hydroxyl groups excluding tert-OH is 1. The first-order valence-electron chi connectivity index (χ1n) is 9.50. The average molecular weight is 419 g/mol. The molecule has 12 heteroatoms. The molecule has 0 saturated carbocycles. The molecule has 1 aromatic rings. The zero-order chi connectivity index (χ0) is 21.8. The van der Waals surface area contributed by atoms with Crippen molar-refractivity contribution in [1.29, 1.82) is 10.8 Å². The highest BCUT2D eigenvalue weighted by atomic mass is 16.6. The molecule has 8 N–H and O–H groups in total. The summed E-state index contributed by atoms with van der Waals surface area (Å²) in [6.07, 6.45) is -1.99. The molecular formula is C18H25N7O5. The molecule has 6 atom stereocenters. The third-order valence-corrected chi connectivity index (χ3v) is 6.19. The number of para-hydroxylation sites is 1. The van der Waals surface area contributed by atoms with Crippen molar-refractivity contribution in [2.24, 2.45) is 0 Å². The molecule has 4 rings (SSSR count). The van der Waals surface area contributed by atoms with Gasteiger partial charge in [0.2, 0.25) is 5.96 Å². The lowest BCUT2D eigenvalue weighted by atomic mass is 9.78. The first-order valence-corrected chi connectivity index (χ1v) is 9.50. The highest BCUT2D eigenvalue weighted by Gasteiger charge is 2.78. The van der Waals surface area contributed by atoms with Crippen LogP contribution in [0.3, 0.4) is 0 Å². The molecule has 3 aliphatic heterocycles. The molecule has 3 heterocycles. The molecule has 1 spiro atoms. The second-order valence-corrected chi connectivity index (χ2v) is 7.87. The van der Waals surface area contributed by atoms with E-state index in [0.717, 1.165) is 0 Å². The van der Waals surface area contributed by atoms with Crippen LogP contribution in [0, 0.1) is 10.8 Å². The van der Waals surface area contributed by atoms with E-state index in [1.54, 1.807) is 37.3 Å². The number of benzene rings is 1. The Morgan fingerprint density at radius 2 is 1.93 bits per heavy atom. The number of carbonyl (C=O) groups is 1. The summed E-state index contributed by atoms with van der Waals surface area (Å²) in [5, 5.41) is 57.4. The number of aliphatic hydroxyl groups is 2. The molecule has 1 aromatic carbocycles. The summed E-state index contributed by atoms with van der Waals surface area (Å²) >= 11 is 0. The third-order valence-electron chi connectivity index (χ3n) is 6.19. The molecule has 2 unspecified atom stereocenters. The van der Waals surface area contributed by atoms with Crippen molar-refractivity contribution in [2.75, 3.05) is 11.9 Å². The van der Waals surface area contributed by atoms with Gasteiger partial charge in [-0.25, -0.2) is 4.79 Å². The van der Waals surface area contributed by atoms with Gasteiger partial charge >= 0.3 is 6.09 Å². The minimum atomic E-state index is -1.93. The fourth-order valence-corrected chi connectivity index (χ4v) is 4.99. The van der Waals surface area contributed by atoms with E-state index in [2.05, 4.69) is 16.0 Å². The van der Waals surface area contributed by atoms with Crippen LogP contribution in [0.1, 0.15) is 13.8 Å². The summed E-state index contributed by atoms with van der Waals surface area (Å²) in [6.45, 7) is 2.61. The Balaban J connectivity index is 1.71. The summed E-state index contributed by atoms with van der Waals surface area (Å²) in [6, 6.07) is 6.25. The van der Waals surface area contributed by atoms with Gasteiger partial charge in [0.15, 0.2) is 17.7 Å². The largest absolute Gasteiger partial charge is 0.441 e. The lowest BCUT2D eigenvalue weighted by molar-refractivity contribution is -0.228. The van der Waals surface area contributed by atoms with Crippen LogP contribution in [0.2, 0.25) is 0 Å². The number of ether oxygens (including phenoxy) is 1. The quantitative estimate of drug-likeness (QED) is 0.313. The lowest BCUT2D eigenvalue weighted by Crippen LogP contribution is -2.80. The maximum Gasteiger partial charge on any atom is 0.412 e. The van der Waals surface area contributed by atoms with Crippen molar-refractivity contribution in [1.82, 2.24) is 20.6 Å². The van der Waals surface area contributed by atoms with Gasteiger partial charge in [0.1, 0.15) is 5.60 Å². The van der Waals surface area contributed by atoms with Gasteiger partial charge in [-0.15, -0.1) is 0 Å². The Labute approximate surface area is 172 Å². The first-order chi connectivity index (χ1) is 14.2. The van der Waals surface area contributed by atoms with Crippen LogP contribution >= 0.6 is 0 Å². The number of anilines is 1. The van der Waals surface area contributed by atoms with Crippen LogP contribution in [0.5, 0.6) is 0 Å². The van der Waals surface area contributed by atoms with Crippen molar-refractivity contribution in [2.45, 2.75) is 49.3 Å². The molecule has 1 amide bonds. The number of hydrogen-bond acceptors (Lipinski definition) is 7. The number of nitrogens with one attached hydrogen (secondary N) is 5. The van der Waals surface area contributed by atoms with Gasteiger partial charge < -0.3 is 30.5 Å². The van der Waals surface area contributed by atoms with Crippen LogP contribution in [-0.2, 0) is 4.74 Å². The Bertz CT molecular complexity index is 881. The second kappa shape index (κ2) is 6.72. The van der Waals surface area contributed by atoms with Crippen molar-refractivity contribution < 1.29 is 25.0 Å². The molecular weight excluding hydrogens is 394 g/mol. The van der Waals surface area contributed by atoms with E-state index >= 15 is 0 Å². The van der Waals surface area contributed by atoms with E-state index in [9.17, 15) is 20.2 Å². The van der Waals surface area contributed by atoms with E-state index in [1.807, 2.05) is 0 Å². The fraction of sp³-hybridized carbons (Fsp3) is 0.500. The van der Waals surface area contributed by atoms with E-state index in [4.69, 9.17) is 15.6 Å². The predicted octanol–water partition coefficient (Wildman–Crippen LogP) is -0.748. The van der Waals surface area contributed by atoms with Gasteiger partial charge in [-0.3, -0.25) is 21.3 Å². The van der Waals surface area contributed by atoms with Gasteiger partial charge in [-0.1, -0.05) is 18.2 Å². The van der Waals surface area contributed by atoms with Crippen molar-refractivity contribution >= 4 is 23.7 Å². The van der Waals surface area contributed by atoms with Crippen LogP contribution in [0.4, 0.5) is 10.5 Å². The predicted molar refractivity (Wildman–Crippen MR) is 105 cm³/mol. The van der Waals surface area contributed by atoms with E-state index in [-0.39, 0.29) is 5.96 Å². The van der Waals surface area contributed by atoms with Crippen LogP contribution in [-0.4, -0.2) is 85.5 Å². The number of amides is 1. The molecule has 3 saturated heterocycles. The number of hydrogen-bond donors (Lipinski definition) is 8. The van der Waals surface area contributed by atoms with Gasteiger partial charge in [0, 0.05) is 5.69 Å². The van der Waals surface area contributed by atoms with Crippen LogP contribution in [0.25, 0.3) is 0 Å². The molecule has 3 fully saturated rings. The van der Waals surface area contributed by atoms with Gasteiger partial charge in [-0.05, 0) is 26.0 Å². The van der Waals surface area contributed by atoms with E-state index in [0.29, 0.717) is 10.8 Å². The highest BCUT2D eigenvalue weighted by Crippen LogP contribution is 2.51. The zero-order valence-electron chi connectivity index (χ0n) is 16.5. The third kappa shape index (κ3) is 2.47. The second-order valence-electron chi connectivity index (χ2n) is 7.87. The minimum absolute atomic E-state index is 0.178. The van der Waals surface area contributed by atoms with Crippen LogP contribution < -0.4 is 16.0 Å². The molecule has 0 bridgehead atoms. The van der Waals surface area contributed by atoms with Crippen molar-refractivity contribution in [3.63, 3.8) is 0 Å². The molecule has 0 radical (unpaired) electrons. The topological polar surface area (TPSA) is 177 Å². The molecule has 0 aliphatic carbocycles. The monoisotopic (exact) mass is 419 g/mol. The Morgan fingerprint density at radius 1 is 1.27 bits per heavy atom. The molecule has 162 valence electrons. The minimum Gasteiger partial charge on any atom is -0.441 e. The summed E-state index contributed by atoms with van der Waals surface area (Å²) in [5.41, 5.74) is -3.18. The maximum atomic E-state index is 12.5. The highest BCUT2D eigenvalue weighted by molar-refractivity contribution is 5.88. The number of carbonyl (C=O) groups excluding carboxylic acids is 1. The molecule has 3 aliphatic rings. The van der Waals surface area contributed by atoms with Crippen molar-refractivity contribution in [3.8, 4) is 0 Å². The van der Waals surface area contributed by atoms with Crippen LogP contribution in [0.15, 0.2) is 30.3 Å². The summed E-state index contributed by atoms with van der Waals surface area (Å²) < 4.78 is 5.57. The van der Waals surface area contributed by atoms with Gasteiger partial charge in [0.05, 0.1) is 24.7 Å². The Morgan fingerprint density at radius 3 is 2.57 bits per heavy atom. The normalized spacial score (nSPS) is 37.2. The lowest BCUT2D eigenvalue weighted by Gasteiger charge is -2.53. The number of hydroxylamine groups is 2. The van der Waals surface area contributed by atoms with Crippen molar-refractivity contribution in [3.05, 3.63) is 30.3 Å². The average Bonchev–Trinajstić information content (AvgIpc) is 3.07. The number of nitrogens with zero attached hydrogens (tertiary/aromatic N) is 2. The number of guanidine groups is 2. The Kier molecular flexibility index (Phi) is 4.52. The molecule has 12 nitrogen and oxygen atoms in total. The number of rotatable bonds is 3. The summed E-state index contributed by atoms with van der Waals surface area (Å²) in [4.78, 5) is 13.9. The summed E-state index contributed by atoms with van der Waals surface area (Å²) in [5.74, 6) is -0.579. The molecule has 0 aromatic heterocycles. The standard InChI is InChI=1S/C18H25N7O5/c1-9-13(30-16(27)21-10-6-4-3-5-7-10)17(2,28)18-12(23-15(20)25(18)29)11(8-26)22-14(19)24(9)18/h3-7,9,11-13,26,28-29H,8H2,1-2H3,(H2,19,22)(H2,20,23)(H,21,27)/t9-,11-,12?,13-,17-,18?/m0/s1. The first kappa shape index (κ1) is 20.2. The van der Waals surface area contributed by atoms with E-state index in [1.165, 1.54) is 11.8 Å². The fourth-order valence-electron chi connectivity index (χ4n) is 4.99. The SMILES string of the molecule is C[C@H]1[C@H](OC(=O)Nc2ccccc2)[C@](C)(O)C23C(NC(=N)N2O)[C@H](CO)NC(=N)N13. The Hall–Kier alpha value is -3.09. The van der Waals surface area contributed by atoms with Gasteiger partial charge in [0.25, 0.3) is 0 Å². The maximum absolute atomic E-state index is 12.5. The van der Waals surface area contributed by atoms with E-state index < -0.39 is 54.2 Å². The molecule has 30 heavy (non-hydrogen) atoms. The smallest absolute Gasteiger partial charge is 0.412 e.